The maximum atomic E-state index is 14.7. The molecule has 1 aliphatic carbocycles. The number of benzene rings is 4. The van der Waals surface area contributed by atoms with Crippen molar-refractivity contribution in [3.8, 4) is 5.75 Å². The molecule has 1 fully saturated rings. The summed E-state index contributed by atoms with van der Waals surface area (Å²) in [6.45, 7) is 1.34. The van der Waals surface area contributed by atoms with Crippen LogP contribution >= 0.6 is 23.2 Å². The highest BCUT2D eigenvalue weighted by atomic mass is 35.5. The van der Waals surface area contributed by atoms with Crippen LogP contribution in [0.5, 0.6) is 5.75 Å². The van der Waals surface area contributed by atoms with E-state index in [1.165, 1.54) is 24.1 Å². The molecule has 11 heteroatoms. The van der Waals surface area contributed by atoms with Gasteiger partial charge in [-0.25, -0.2) is 8.42 Å². The van der Waals surface area contributed by atoms with Crippen molar-refractivity contribution >= 4 is 50.7 Å². The highest BCUT2D eigenvalue weighted by molar-refractivity contribution is 7.92. The quantitative estimate of drug-likeness (QED) is 0.159. The van der Waals surface area contributed by atoms with Gasteiger partial charge in [0.05, 0.1) is 27.7 Å². The Morgan fingerprint density at radius 1 is 0.875 bits per heavy atom. The number of ether oxygens (including phenoxy) is 1. The predicted octanol–water partition coefficient (Wildman–Crippen LogP) is 7.20. The summed E-state index contributed by atoms with van der Waals surface area (Å²) in [6, 6.07) is 26.5. The Hall–Kier alpha value is -4.05. The van der Waals surface area contributed by atoms with Gasteiger partial charge in [-0.1, -0.05) is 90.1 Å². The van der Waals surface area contributed by atoms with Gasteiger partial charge < -0.3 is 15.0 Å². The van der Waals surface area contributed by atoms with Crippen molar-refractivity contribution in [2.24, 2.45) is 0 Å². The van der Waals surface area contributed by atoms with Crippen molar-refractivity contribution in [1.29, 1.82) is 0 Å². The molecule has 48 heavy (non-hydrogen) atoms. The van der Waals surface area contributed by atoms with Gasteiger partial charge in [0, 0.05) is 19.0 Å². The number of hydrogen-bond donors (Lipinski definition) is 1. The first kappa shape index (κ1) is 35.3. The summed E-state index contributed by atoms with van der Waals surface area (Å²) in [5.41, 5.74) is 2.75. The Kier molecular flexibility index (Phi) is 11.7. The summed E-state index contributed by atoms with van der Waals surface area (Å²) < 4.78 is 34.8. The minimum Gasteiger partial charge on any atom is -0.497 e. The number of halogens is 2. The van der Waals surface area contributed by atoms with Crippen molar-refractivity contribution in [3.05, 3.63) is 124 Å². The van der Waals surface area contributed by atoms with Crippen LogP contribution in [0.15, 0.2) is 102 Å². The lowest BCUT2D eigenvalue weighted by Crippen LogP contribution is -2.54. The van der Waals surface area contributed by atoms with Crippen LogP contribution in [0.4, 0.5) is 5.69 Å². The molecule has 5 rings (SSSR count). The Bertz CT molecular complexity index is 1810. The largest absolute Gasteiger partial charge is 0.497 e. The number of aryl methyl sites for hydroxylation is 1. The standard InChI is InChI=1S/C37H39Cl2N3O5S/c1-26-12-15-30(16-13-26)42(48(45,46)32-19-17-31(47-2)18-20-32)25-36(43)41(24-28-14-21-33(38)34(39)22-28)35(23-27-8-4-3-5-9-27)37(44)40-29-10-6-7-11-29/h3-5,8-9,12-22,29,35H,6-7,10-11,23-25H2,1-2H3,(H,40,44)/t35-/m1/s1. The number of nitrogens with zero attached hydrogens (tertiary/aromatic N) is 2. The number of anilines is 1. The first-order valence-corrected chi connectivity index (χ1v) is 18.1. The summed E-state index contributed by atoms with van der Waals surface area (Å²) in [6.07, 6.45) is 4.00. The van der Waals surface area contributed by atoms with Crippen molar-refractivity contribution in [2.75, 3.05) is 18.0 Å². The summed E-state index contributed by atoms with van der Waals surface area (Å²) in [5.74, 6) is -0.350. The van der Waals surface area contributed by atoms with E-state index in [-0.39, 0.29) is 29.8 Å². The Labute approximate surface area is 292 Å². The lowest BCUT2D eigenvalue weighted by atomic mass is 10.0. The molecular formula is C37H39Cl2N3O5S. The number of sulfonamides is 1. The minimum absolute atomic E-state index is 0.00433. The molecule has 0 aliphatic heterocycles. The summed E-state index contributed by atoms with van der Waals surface area (Å²) in [5, 5.41) is 3.84. The van der Waals surface area contributed by atoms with Gasteiger partial charge in [-0.15, -0.1) is 0 Å². The molecular weight excluding hydrogens is 669 g/mol. The first-order valence-electron chi connectivity index (χ1n) is 15.9. The van der Waals surface area contributed by atoms with Crippen molar-refractivity contribution in [1.82, 2.24) is 10.2 Å². The average molecular weight is 709 g/mol. The van der Waals surface area contributed by atoms with Crippen LogP contribution < -0.4 is 14.4 Å². The van der Waals surface area contributed by atoms with Crippen molar-refractivity contribution in [2.45, 2.75) is 62.6 Å². The van der Waals surface area contributed by atoms with E-state index in [1.807, 2.05) is 37.3 Å². The third kappa shape index (κ3) is 8.69. The zero-order valence-electron chi connectivity index (χ0n) is 26.9. The summed E-state index contributed by atoms with van der Waals surface area (Å²) >= 11 is 12.6. The Morgan fingerprint density at radius 2 is 1.54 bits per heavy atom. The number of nitrogens with one attached hydrogen (secondary N) is 1. The van der Waals surface area contributed by atoms with Crippen LogP contribution in [-0.2, 0) is 32.6 Å². The summed E-state index contributed by atoms with van der Waals surface area (Å²) in [7, 11) is -2.74. The number of carbonyl (C=O) groups excluding carboxylic acids is 2. The van der Waals surface area contributed by atoms with E-state index in [0.717, 1.165) is 41.1 Å². The average Bonchev–Trinajstić information content (AvgIpc) is 3.60. The van der Waals surface area contributed by atoms with E-state index in [2.05, 4.69) is 5.32 Å². The fourth-order valence-electron chi connectivity index (χ4n) is 5.87. The number of hydrogen-bond acceptors (Lipinski definition) is 5. The van der Waals surface area contributed by atoms with Gasteiger partial charge in [0.1, 0.15) is 18.3 Å². The molecule has 1 saturated carbocycles. The molecule has 4 aromatic rings. The molecule has 0 saturated heterocycles. The minimum atomic E-state index is -4.24. The maximum absolute atomic E-state index is 14.7. The van der Waals surface area contributed by atoms with Crippen LogP contribution in [0.25, 0.3) is 0 Å². The number of carbonyl (C=O) groups is 2. The lowest BCUT2D eigenvalue weighted by molar-refractivity contribution is -0.140. The van der Waals surface area contributed by atoms with Gasteiger partial charge in [0.15, 0.2) is 0 Å². The summed E-state index contributed by atoms with van der Waals surface area (Å²) in [4.78, 5) is 30.3. The fraction of sp³-hybridized carbons (Fsp3) is 0.297. The van der Waals surface area contributed by atoms with E-state index < -0.39 is 28.5 Å². The normalized spacial score (nSPS) is 13.9. The molecule has 0 spiro atoms. The van der Waals surface area contributed by atoms with Gasteiger partial charge in [-0.2, -0.15) is 0 Å². The second-order valence-electron chi connectivity index (χ2n) is 12.0. The Morgan fingerprint density at radius 3 is 2.17 bits per heavy atom. The molecule has 1 N–H and O–H groups in total. The van der Waals surface area contributed by atoms with E-state index in [9.17, 15) is 18.0 Å². The molecule has 4 aromatic carbocycles. The molecule has 0 aromatic heterocycles. The fourth-order valence-corrected chi connectivity index (χ4v) is 7.61. The second-order valence-corrected chi connectivity index (χ2v) is 14.7. The third-order valence-electron chi connectivity index (χ3n) is 8.56. The monoisotopic (exact) mass is 707 g/mol. The highest BCUT2D eigenvalue weighted by Crippen LogP contribution is 2.28. The molecule has 1 aliphatic rings. The number of amides is 2. The van der Waals surface area contributed by atoms with Gasteiger partial charge in [0.25, 0.3) is 10.0 Å². The molecule has 0 radical (unpaired) electrons. The predicted molar refractivity (Wildman–Crippen MR) is 190 cm³/mol. The molecule has 0 bridgehead atoms. The van der Waals surface area contributed by atoms with Crippen LogP contribution in [0.2, 0.25) is 10.0 Å². The molecule has 1 atom stereocenters. The molecule has 2 amide bonds. The van der Waals surface area contributed by atoms with Crippen LogP contribution in [-0.4, -0.2) is 50.9 Å². The lowest BCUT2D eigenvalue weighted by Gasteiger charge is -2.34. The zero-order valence-corrected chi connectivity index (χ0v) is 29.3. The molecule has 8 nitrogen and oxygen atoms in total. The van der Waals surface area contributed by atoms with E-state index in [1.54, 1.807) is 54.6 Å². The van der Waals surface area contributed by atoms with Gasteiger partial charge >= 0.3 is 0 Å². The number of methoxy groups -OCH3 is 1. The first-order chi connectivity index (χ1) is 23.0. The Balaban J connectivity index is 1.57. The molecule has 0 heterocycles. The van der Waals surface area contributed by atoms with Crippen LogP contribution in [0.1, 0.15) is 42.4 Å². The molecule has 252 valence electrons. The van der Waals surface area contributed by atoms with E-state index in [0.29, 0.717) is 27.0 Å². The van der Waals surface area contributed by atoms with Crippen LogP contribution in [0, 0.1) is 6.92 Å². The zero-order chi connectivity index (χ0) is 34.3. The topological polar surface area (TPSA) is 96.0 Å². The number of rotatable bonds is 13. The van der Waals surface area contributed by atoms with Gasteiger partial charge in [-0.3, -0.25) is 13.9 Å². The smallest absolute Gasteiger partial charge is 0.264 e. The van der Waals surface area contributed by atoms with E-state index in [4.69, 9.17) is 27.9 Å². The maximum Gasteiger partial charge on any atom is 0.264 e. The SMILES string of the molecule is COc1ccc(S(=O)(=O)N(CC(=O)N(Cc2ccc(Cl)c(Cl)c2)[C@H](Cc2ccccc2)C(=O)NC2CCCC2)c2ccc(C)cc2)cc1. The van der Waals surface area contributed by atoms with Crippen molar-refractivity contribution < 1.29 is 22.7 Å². The van der Waals surface area contributed by atoms with Gasteiger partial charge in [-0.05, 0) is 79.4 Å². The molecule has 0 unspecified atom stereocenters. The highest BCUT2D eigenvalue weighted by Gasteiger charge is 2.35. The van der Waals surface area contributed by atoms with Gasteiger partial charge in [0.2, 0.25) is 11.8 Å². The second kappa shape index (κ2) is 15.9. The third-order valence-corrected chi connectivity index (χ3v) is 11.1. The van der Waals surface area contributed by atoms with Crippen LogP contribution in [0.3, 0.4) is 0 Å². The van der Waals surface area contributed by atoms with E-state index >= 15 is 0 Å². The van der Waals surface area contributed by atoms with Crippen molar-refractivity contribution in [3.63, 3.8) is 0 Å².